The number of nitrogens with zero attached hydrogens (tertiary/aromatic N) is 2. The topological polar surface area (TPSA) is 43.8 Å². The quantitative estimate of drug-likeness (QED) is 0.902. The zero-order valence-electron chi connectivity index (χ0n) is 11.7. The third kappa shape index (κ3) is 3.47. The Hall–Kier alpha value is -1.55. The third-order valence-corrected chi connectivity index (χ3v) is 3.72. The fourth-order valence-electron chi connectivity index (χ4n) is 2.72. The lowest BCUT2D eigenvalue weighted by molar-refractivity contribution is -0.143. The number of aliphatic carboxylic acids is 1. The van der Waals surface area contributed by atoms with Crippen molar-refractivity contribution in [3.8, 4) is 0 Å². The molecule has 0 aromatic heterocycles. The number of hydrogen-bond donors (Lipinski definition) is 1. The molecular formula is C15H22N2O2. The Morgan fingerprint density at radius 2 is 2.16 bits per heavy atom. The van der Waals surface area contributed by atoms with E-state index in [9.17, 15) is 4.79 Å². The second-order valence-electron chi connectivity index (χ2n) is 5.44. The standard InChI is InChI=1S/C15H22N2O2/c1-16(2)14-8-4-3-6-12(14)10-17-9-5-7-13(11-17)15(18)19/h3-4,6,8,13H,5,7,9-11H2,1-2H3,(H,18,19). The maximum atomic E-state index is 11.1. The fourth-order valence-corrected chi connectivity index (χ4v) is 2.72. The van der Waals surface area contributed by atoms with Crippen molar-refractivity contribution in [1.82, 2.24) is 4.90 Å². The Balaban J connectivity index is 2.06. The number of benzene rings is 1. The highest BCUT2D eigenvalue weighted by Gasteiger charge is 2.25. The van der Waals surface area contributed by atoms with Crippen LogP contribution >= 0.6 is 0 Å². The lowest BCUT2D eigenvalue weighted by Gasteiger charge is -2.31. The second kappa shape index (κ2) is 6.06. The number of anilines is 1. The molecule has 104 valence electrons. The zero-order chi connectivity index (χ0) is 13.8. The summed E-state index contributed by atoms with van der Waals surface area (Å²) in [5, 5.41) is 9.13. The van der Waals surface area contributed by atoms with Crippen molar-refractivity contribution in [2.24, 2.45) is 5.92 Å². The first-order valence-corrected chi connectivity index (χ1v) is 6.78. The minimum atomic E-state index is -0.661. The normalized spacial score (nSPS) is 20.2. The van der Waals surface area contributed by atoms with Crippen LogP contribution in [0.15, 0.2) is 24.3 Å². The van der Waals surface area contributed by atoms with Gasteiger partial charge in [-0.05, 0) is 31.0 Å². The van der Waals surface area contributed by atoms with E-state index in [1.54, 1.807) is 0 Å². The molecule has 1 unspecified atom stereocenters. The van der Waals surface area contributed by atoms with Gasteiger partial charge >= 0.3 is 5.97 Å². The molecule has 0 bridgehead atoms. The second-order valence-corrected chi connectivity index (χ2v) is 5.44. The summed E-state index contributed by atoms with van der Waals surface area (Å²) in [7, 11) is 4.07. The van der Waals surface area contributed by atoms with Crippen LogP contribution in [0.2, 0.25) is 0 Å². The summed E-state index contributed by atoms with van der Waals surface area (Å²) in [6.45, 7) is 2.49. The van der Waals surface area contributed by atoms with Crippen LogP contribution in [-0.4, -0.2) is 43.2 Å². The van der Waals surface area contributed by atoms with Gasteiger partial charge in [-0.1, -0.05) is 18.2 Å². The Kier molecular flexibility index (Phi) is 4.43. The average molecular weight is 262 g/mol. The lowest BCUT2D eigenvalue weighted by atomic mass is 9.97. The van der Waals surface area contributed by atoms with Crippen LogP contribution in [-0.2, 0) is 11.3 Å². The van der Waals surface area contributed by atoms with Gasteiger partial charge in [0, 0.05) is 32.9 Å². The Morgan fingerprint density at radius 1 is 1.42 bits per heavy atom. The molecular weight excluding hydrogens is 240 g/mol. The molecule has 1 heterocycles. The predicted molar refractivity (Wildman–Crippen MR) is 76.4 cm³/mol. The number of hydrogen-bond acceptors (Lipinski definition) is 3. The number of para-hydroxylation sites is 1. The maximum Gasteiger partial charge on any atom is 0.307 e. The van der Waals surface area contributed by atoms with Gasteiger partial charge in [-0.15, -0.1) is 0 Å². The van der Waals surface area contributed by atoms with E-state index >= 15 is 0 Å². The summed E-state index contributed by atoms with van der Waals surface area (Å²) < 4.78 is 0. The Bertz CT molecular complexity index is 446. The van der Waals surface area contributed by atoms with Crippen molar-refractivity contribution in [3.05, 3.63) is 29.8 Å². The molecule has 0 saturated carbocycles. The van der Waals surface area contributed by atoms with Gasteiger partial charge in [0.1, 0.15) is 0 Å². The monoisotopic (exact) mass is 262 g/mol. The molecule has 2 rings (SSSR count). The SMILES string of the molecule is CN(C)c1ccccc1CN1CCCC(C(=O)O)C1. The third-order valence-electron chi connectivity index (χ3n) is 3.72. The van der Waals surface area contributed by atoms with Gasteiger partial charge in [0.25, 0.3) is 0 Å². The summed E-state index contributed by atoms with van der Waals surface area (Å²) in [5.41, 5.74) is 2.47. The van der Waals surface area contributed by atoms with Crippen molar-refractivity contribution in [3.63, 3.8) is 0 Å². The minimum absolute atomic E-state index is 0.208. The van der Waals surface area contributed by atoms with Crippen LogP contribution < -0.4 is 4.90 Å². The molecule has 1 aromatic rings. The summed E-state index contributed by atoms with van der Waals surface area (Å²) >= 11 is 0. The number of carboxylic acid groups (broad SMARTS) is 1. The molecule has 1 N–H and O–H groups in total. The number of likely N-dealkylation sites (tertiary alicyclic amines) is 1. The molecule has 0 spiro atoms. The average Bonchev–Trinajstić information content (AvgIpc) is 2.39. The van der Waals surface area contributed by atoms with Crippen molar-refractivity contribution < 1.29 is 9.90 Å². The highest BCUT2D eigenvalue weighted by molar-refractivity contribution is 5.70. The first kappa shape index (κ1) is 13.9. The Labute approximate surface area is 114 Å². The summed E-state index contributed by atoms with van der Waals surface area (Å²) in [5.74, 6) is -0.870. The molecule has 4 nitrogen and oxygen atoms in total. The molecule has 1 aliphatic rings. The lowest BCUT2D eigenvalue weighted by Crippen LogP contribution is -2.38. The van der Waals surface area contributed by atoms with E-state index in [2.05, 4.69) is 21.9 Å². The van der Waals surface area contributed by atoms with Crippen LogP contribution in [0.5, 0.6) is 0 Å². The summed E-state index contributed by atoms with van der Waals surface area (Å²) in [6, 6.07) is 8.31. The molecule has 19 heavy (non-hydrogen) atoms. The first-order valence-electron chi connectivity index (χ1n) is 6.78. The van der Waals surface area contributed by atoms with E-state index in [-0.39, 0.29) is 5.92 Å². The van der Waals surface area contributed by atoms with E-state index in [0.29, 0.717) is 6.54 Å². The largest absolute Gasteiger partial charge is 0.481 e. The maximum absolute atomic E-state index is 11.1. The highest BCUT2D eigenvalue weighted by atomic mass is 16.4. The molecule has 0 radical (unpaired) electrons. The van der Waals surface area contributed by atoms with Crippen molar-refractivity contribution in [2.75, 3.05) is 32.1 Å². The summed E-state index contributed by atoms with van der Waals surface area (Å²) in [4.78, 5) is 15.5. The fraction of sp³-hybridized carbons (Fsp3) is 0.533. The van der Waals surface area contributed by atoms with Gasteiger partial charge in [-0.2, -0.15) is 0 Å². The van der Waals surface area contributed by atoms with Crippen molar-refractivity contribution in [1.29, 1.82) is 0 Å². The van der Waals surface area contributed by atoms with Gasteiger partial charge in [-0.25, -0.2) is 0 Å². The van der Waals surface area contributed by atoms with Gasteiger partial charge in [0.05, 0.1) is 5.92 Å². The smallest absolute Gasteiger partial charge is 0.307 e. The molecule has 0 amide bonds. The van der Waals surface area contributed by atoms with Crippen LogP contribution in [0, 0.1) is 5.92 Å². The van der Waals surface area contributed by atoms with Gasteiger partial charge < -0.3 is 10.0 Å². The number of piperidine rings is 1. The van der Waals surface area contributed by atoms with Gasteiger partial charge in [0.2, 0.25) is 0 Å². The molecule has 1 atom stereocenters. The summed E-state index contributed by atoms with van der Waals surface area (Å²) in [6.07, 6.45) is 1.78. The molecule has 1 fully saturated rings. The number of rotatable bonds is 4. The van der Waals surface area contributed by atoms with Gasteiger partial charge in [-0.3, -0.25) is 9.69 Å². The zero-order valence-corrected chi connectivity index (χ0v) is 11.7. The van der Waals surface area contributed by atoms with Gasteiger partial charge in [0.15, 0.2) is 0 Å². The van der Waals surface area contributed by atoms with E-state index in [1.165, 1.54) is 11.3 Å². The minimum Gasteiger partial charge on any atom is -0.481 e. The molecule has 4 heteroatoms. The van der Waals surface area contributed by atoms with E-state index in [1.807, 2.05) is 26.2 Å². The molecule has 1 aromatic carbocycles. The number of carboxylic acids is 1. The van der Waals surface area contributed by atoms with Crippen molar-refractivity contribution >= 4 is 11.7 Å². The highest BCUT2D eigenvalue weighted by Crippen LogP contribution is 2.23. The van der Waals surface area contributed by atoms with E-state index < -0.39 is 5.97 Å². The van der Waals surface area contributed by atoms with Crippen LogP contribution in [0.1, 0.15) is 18.4 Å². The molecule has 1 saturated heterocycles. The van der Waals surface area contributed by atoms with Crippen LogP contribution in [0.3, 0.4) is 0 Å². The van der Waals surface area contributed by atoms with Crippen LogP contribution in [0.25, 0.3) is 0 Å². The van der Waals surface area contributed by atoms with E-state index in [4.69, 9.17) is 5.11 Å². The molecule has 1 aliphatic heterocycles. The van der Waals surface area contributed by atoms with E-state index in [0.717, 1.165) is 25.9 Å². The Morgan fingerprint density at radius 3 is 2.84 bits per heavy atom. The predicted octanol–water partition coefficient (Wildman–Crippen LogP) is 2.05. The van der Waals surface area contributed by atoms with Crippen molar-refractivity contribution in [2.45, 2.75) is 19.4 Å². The molecule has 0 aliphatic carbocycles. The first-order chi connectivity index (χ1) is 9.08. The number of carbonyl (C=O) groups is 1. The van der Waals surface area contributed by atoms with Crippen LogP contribution in [0.4, 0.5) is 5.69 Å².